The number of rotatable bonds is 4. The Kier molecular flexibility index (Phi) is 3.61. The summed E-state index contributed by atoms with van der Waals surface area (Å²) in [7, 11) is 0. The third kappa shape index (κ3) is 2.85. The number of aromatic amines is 1. The van der Waals surface area contributed by atoms with Crippen molar-refractivity contribution in [2.45, 2.75) is 45.3 Å². The number of para-hydroxylation sites is 1. The summed E-state index contributed by atoms with van der Waals surface area (Å²) in [4.78, 5) is 15.3. The van der Waals surface area contributed by atoms with Gasteiger partial charge in [-0.3, -0.25) is 4.79 Å². The molecule has 0 saturated heterocycles. The predicted molar refractivity (Wildman–Crippen MR) is 80.5 cm³/mol. The fourth-order valence-electron chi connectivity index (χ4n) is 2.00. The summed E-state index contributed by atoms with van der Waals surface area (Å²) in [6.45, 7) is 7.03. The number of hydrogen-bond donors (Lipinski definition) is 3. The molecular formula is C16H22N2O2. The molecule has 0 radical (unpaired) electrons. The van der Waals surface area contributed by atoms with Crippen LogP contribution in [0.3, 0.4) is 0 Å². The average Bonchev–Trinajstić information content (AvgIpc) is 2.70. The zero-order valence-electron chi connectivity index (χ0n) is 12.4. The minimum atomic E-state index is -0.983. The molecule has 0 saturated carbocycles. The van der Waals surface area contributed by atoms with Gasteiger partial charge >= 0.3 is 0 Å². The van der Waals surface area contributed by atoms with Crippen molar-refractivity contribution < 1.29 is 9.90 Å². The number of hydrogen-bond acceptors (Lipinski definition) is 2. The van der Waals surface area contributed by atoms with Gasteiger partial charge in [-0.15, -0.1) is 0 Å². The normalized spacial score (nSPS) is 12.7. The molecule has 1 heterocycles. The molecule has 0 fully saturated rings. The lowest BCUT2D eigenvalue weighted by Gasteiger charge is -2.38. The molecule has 1 amide bonds. The van der Waals surface area contributed by atoms with Crippen LogP contribution in [-0.4, -0.2) is 27.1 Å². The summed E-state index contributed by atoms with van der Waals surface area (Å²) in [6, 6.07) is 7.89. The van der Waals surface area contributed by atoms with Crippen molar-refractivity contribution >= 4 is 16.8 Å². The second-order valence-corrected chi connectivity index (χ2v) is 6.27. The molecule has 1 aromatic heterocycles. The highest BCUT2D eigenvalue weighted by Crippen LogP contribution is 2.22. The summed E-state index contributed by atoms with van der Waals surface area (Å²) in [5.41, 5.74) is 0.320. The van der Waals surface area contributed by atoms with Crippen LogP contribution in [0.15, 0.2) is 30.5 Å². The van der Waals surface area contributed by atoms with E-state index in [-0.39, 0.29) is 5.91 Å². The van der Waals surface area contributed by atoms with E-state index in [4.69, 9.17) is 0 Å². The molecular weight excluding hydrogens is 252 g/mol. The minimum Gasteiger partial charge on any atom is -0.388 e. The van der Waals surface area contributed by atoms with E-state index in [9.17, 15) is 9.90 Å². The van der Waals surface area contributed by atoms with E-state index < -0.39 is 11.1 Å². The number of H-pyrrole nitrogens is 1. The number of amides is 1. The fraction of sp³-hybridized carbons (Fsp3) is 0.438. The zero-order valence-corrected chi connectivity index (χ0v) is 12.4. The number of carbonyl (C=O) groups is 1. The van der Waals surface area contributed by atoms with Crippen LogP contribution in [0.1, 0.15) is 33.3 Å². The molecule has 4 nitrogen and oxygen atoms in total. The second-order valence-electron chi connectivity index (χ2n) is 6.27. The maximum Gasteiger partial charge on any atom is 0.225 e. The van der Waals surface area contributed by atoms with Gasteiger partial charge in [0.1, 0.15) is 0 Å². The Morgan fingerprint density at radius 3 is 2.55 bits per heavy atom. The van der Waals surface area contributed by atoms with Crippen molar-refractivity contribution in [3.05, 3.63) is 36.0 Å². The van der Waals surface area contributed by atoms with Gasteiger partial charge < -0.3 is 15.4 Å². The first-order valence-corrected chi connectivity index (χ1v) is 6.79. The standard InChI is InChI=1S/C16H22N2O2/c1-15(2,16(3,4)20)18-14(19)9-11-10-17-13-8-6-5-7-12(11)13/h5-8,10,17,20H,9H2,1-4H3,(H,18,19). The van der Waals surface area contributed by atoms with Gasteiger partial charge in [0.2, 0.25) is 5.91 Å². The topological polar surface area (TPSA) is 65.1 Å². The number of fused-ring (bicyclic) bond motifs is 1. The van der Waals surface area contributed by atoms with Gasteiger partial charge in [0.25, 0.3) is 0 Å². The minimum absolute atomic E-state index is 0.0955. The van der Waals surface area contributed by atoms with Gasteiger partial charge in [0.15, 0.2) is 0 Å². The summed E-state index contributed by atoms with van der Waals surface area (Å²) < 4.78 is 0. The first-order valence-electron chi connectivity index (χ1n) is 6.79. The van der Waals surface area contributed by atoms with Gasteiger partial charge in [-0.1, -0.05) is 18.2 Å². The van der Waals surface area contributed by atoms with E-state index in [2.05, 4.69) is 10.3 Å². The van der Waals surface area contributed by atoms with Crippen molar-refractivity contribution in [1.29, 1.82) is 0 Å². The van der Waals surface area contributed by atoms with Crippen LogP contribution in [0, 0.1) is 0 Å². The SMILES string of the molecule is CC(C)(O)C(C)(C)NC(=O)Cc1c[nH]c2ccccc12. The van der Waals surface area contributed by atoms with Crippen LogP contribution in [0.2, 0.25) is 0 Å². The molecule has 0 aliphatic heterocycles. The van der Waals surface area contributed by atoms with Crippen LogP contribution >= 0.6 is 0 Å². The molecule has 108 valence electrons. The molecule has 0 spiro atoms. The Balaban J connectivity index is 2.13. The molecule has 0 unspecified atom stereocenters. The van der Waals surface area contributed by atoms with Crippen molar-refractivity contribution in [3.63, 3.8) is 0 Å². The van der Waals surface area contributed by atoms with E-state index >= 15 is 0 Å². The van der Waals surface area contributed by atoms with E-state index in [1.54, 1.807) is 13.8 Å². The van der Waals surface area contributed by atoms with Gasteiger partial charge in [0.05, 0.1) is 17.6 Å². The predicted octanol–water partition coefficient (Wildman–Crippen LogP) is 2.38. The van der Waals surface area contributed by atoms with Crippen LogP contribution < -0.4 is 5.32 Å². The molecule has 3 N–H and O–H groups in total. The van der Waals surface area contributed by atoms with Crippen molar-refractivity contribution in [1.82, 2.24) is 10.3 Å². The highest BCUT2D eigenvalue weighted by Gasteiger charge is 2.36. The monoisotopic (exact) mass is 274 g/mol. The highest BCUT2D eigenvalue weighted by molar-refractivity contribution is 5.89. The van der Waals surface area contributed by atoms with E-state index in [0.717, 1.165) is 16.5 Å². The van der Waals surface area contributed by atoms with E-state index in [1.807, 2.05) is 44.3 Å². The lowest BCUT2D eigenvalue weighted by molar-refractivity contribution is -0.125. The Morgan fingerprint density at radius 1 is 1.25 bits per heavy atom. The Hall–Kier alpha value is -1.81. The summed E-state index contributed by atoms with van der Waals surface area (Å²) in [5.74, 6) is -0.0955. The Bertz CT molecular complexity index is 621. The van der Waals surface area contributed by atoms with Crippen molar-refractivity contribution in [2.75, 3.05) is 0 Å². The molecule has 2 aromatic rings. The van der Waals surface area contributed by atoms with Crippen LogP contribution in [0.5, 0.6) is 0 Å². The Morgan fingerprint density at radius 2 is 1.90 bits per heavy atom. The molecule has 4 heteroatoms. The second kappa shape index (κ2) is 4.94. The molecule has 0 aliphatic carbocycles. The quantitative estimate of drug-likeness (QED) is 0.801. The van der Waals surface area contributed by atoms with Gasteiger partial charge in [-0.05, 0) is 39.3 Å². The molecule has 20 heavy (non-hydrogen) atoms. The van der Waals surface area contributed by atoms with E-state index in [1.165, 1.54) is 0 Å². The van der Waals surface area contributed by atoms with Crippen molar-refractivity contribution in [2.24, 2.45) is 0 Å². The summed E-state index contributed by atoms with van der Waals surface area (Å²) >= 11 is 0. The first-order chi connectivity index (χ1) is 9.21. The molecule has 2 rings (SSSR count). The summed E-state index contributed by atoms with van der Waals surface area (Å²) in [5, 5.41) is 14.0. The number of aliphatic hydroxyl groups is 1. The Labute approximate surface area is 119 Å². The smallest absolute Gasteiger partial charge is 0.225 e. The maximum atomic E-state index is 12.2. The van der Waals surface area contributed by atoms with Crippen LogP contribution in [-0.2, 0) is 11.2 Å². The number of nitrogens with one attached hydrogen (secondary N) is 2. The molecule has 0 bridgehead atoms. The van der Waals surface area contributed by atoms with Gasteiger partial charge in [-0.25, -0.2) is 0 Å². The van der Waals surface area contributed by atoms with Gasteiger partial charge in [-0.2, -0.15) is 0 Å². The van der Waals surface area contributed by atoms with Gasteiger partial charge in [0, 0.05) is 17.1 Å². The number of benzene rings is 1. The third-order valence-electron chi connectivity index (χ3n) is 4.01. The van der Waals surface area contributed by atoms with Crippen LogP contribution in [0.4, 0.5) is 0 Å². The lowest BCUT2D eigenvalue weighted by Crippen LogP contribution is -2.58. The van der Waals surface area contributed by atoms with E-state index in [0.29, 0.717) is 6.42 Å². The first kappa shape index (κ1) is 14.6. The largest absolute Gasteiger partial charge is 0.388 e. The zero-order chi connectivity index (χ0) is 15.0. The van der Waals surface area contributed by atoms with Crippen molar-refractivity contribution in [3.8, 4) is 0 Å². The number of aromatic nitrogens is 1. The number of carbonyl (C=O) groups excluding carboxylic acids is 1. The van der Waals surface area contributed by atoms with Crippen LogP contribution in [0.25, 0.3) is 10.9 Å². The average molecular weight is 274 g/mol. The molecule has 0 atom stereocenters. The highest BCUT2D eigenvalue weighted by atomic mass is 16.3. The molecule has 0 aliphatic rings. The third-order valence-corrected chi connectivity index (χ3v) is 4.01. The lowest BCUT2D eigenvalue weighted by atomic mass is 9.86. The summed E-state index contributed by atoms with van der Waals surface area (Å²) in [6.07, 6.45) is 2.16. The maximum absolute atomic E-state index is 12.2. The molecule has 1 aromatic carbocycles. The fourth-order valence-corrected chi connectivity index (χ4v) is 2.00.